The highest BCUT2D eigenvalue weighted by Gasteiger charge is 2.34. The Morgan fingerprint density at radius 2 is 1.68 bits per heavy atom. The van der Waals surface area contributed by atoms with Crippen molar-refractivity contribution in [3.05, 3.63) is 70.7 Å². The molecule has 18 heteroatoms. The summed E-state index contributed by atoms with van der Waals surface area (Å²) in [5, 5.41) is 8.73. The van der Waals surface area contributed by atoms with Gasteiger partial charge in [-0.1, -0.05) is 52.5 Å². The third kappa shape index (κ3) is 13.7. The minimum absolute atomic E-state index is 0.0699. The molecule has 2 aromatic heterocycles. The zero-order valence-electron chi connectivity index (χ0n) is 35.4. The molecule has 0 aliphatic rings. The van der Waals surface area contributed by atoms with Crippen molar-refractivity contribution in [2.24, 2.45) is 5.92 Å². The Morgan fingerprint density at radius 1 is 0.933 bits per heavy atom. The summed E-state index contributed by atoms with van der Waals surface area (Å²) in [6, 6.07) is 7.11. The number of carbonyl (C=O) groups is 7. The van der Waals surface area contributed by atoms with Gasteiger partial charge in [-0.25, -0.2) is 4.79 Å². The lowest BCUT2D eigenvalue weighted by Crippen LogP contribution is -2.49. The predicted octanol–water partition coefficient (Wildman–Crippen LogP) is 4.29. The van der Waals surface area contributed by atoms with Crippen molar-refractivity contribution in [2.75, 3.05) is 19.9 Å². The smallest absolute Gasteiger partial charge is 0.365 e. The van der Waals surface area contributed by atoms with Crippen molar-refractivity contribution >= 4 is 50.1 Å². The molecule has 3 N–H and O–H groups in total. The third-order valence-corrected chi connectivity index (χ3v) is 9.58. The molecule has 1 aromatic carbocycles. The molecule has 324 valence electrons. The number of benzene rings is 1. The molecule has 0 aliphatic heterocycles. The van der Waals surface area contributed by atoms with Gasteiger partial charge in [0, 0.05) is 11.8 Å². The SMILES string of the molecule is BOC(=O)[C@H](CC(=O)OCCCC)NC(=O)c1ccc(-c2ccc(C(=O)NCNC(=O)[C@H](CCCCC)[C@@H](CC)N(C=O)OC(=O)c3c(C)ccnc3C)o2)cc1OCC. The zero-order valence-corrected chi connectivity index (χ0v) is 35.4. The van der Waals surface area contributed by atoms with Crippen LogP contribution in [0.5, 0.6) is 5.75 Å². The van der Waals surface area contributed by atoms with Crippen LogP contribution in [0.15, 0.2) is 47.0 Å². The number of aromatic nitrogens is 1. The summed E-state index contributed by atoms with van der Waals surface area (Å²) in [6.45, 7) is 11.0. The summed E-state index contributed by atoms with van der Waals surface area (Å²) >= 11 is 0. The van der Waals surface area contributed by atoms with Gasteiger partial charge in [-0.3, -0.25) is 33.8 Å². The van der Waals surface area contributed by atoms with Crippen LogP contribution in [0, 0.1) is 19.8 Å². The highest BCUT2D eigenvalue weighted by Crippen LogP contribution is 2.30. The second-order valence-corrected chi connectivity index (χ2v) is 13.9. The molecule has 0 fully saturated rings. The number of hydrogen-bond donors (Lipinski definition) is 3. The fourth-order valence-corrected chi connectivity index (χ4v) is 6.38. The van der Waals surface area contributed by atoms with E-state index < -0.39 is 60.1 Å². The molecule has 0 bridgehead atoms. The fraction of sp³-hybridized carbons (Fsp3) is 0.476. The molecule has 4 amide bonds. The number of nitrogens with zero attached hydrogens (tertiary/aromatic N) is 2. The maximum atomic E-state index is 13.6. The number of rotatable bonds is 25. The summed E-state index contributed by atoms with van der Waals surface area (Å²) in [5.41, 5.74) is 1.83. The van der Waals surface area contributed by atoms with Gasteiger partial charge in [-0.15, -0.1) is 0 Å². The van der Waals surface area contributed by atoms with E-state index in [1.807, 2.05) is 13.8 Å². The van der Waals surface area contributed by atoms with Gasteiger partial charge in [-0.05, 0) is 75.9 Å². The molecular formula is C42H56BN5O12. The summed E-state index contributed by atoms with van der Waals surface area (Å²) in [5.74, 6) is -4.46. The average molecular weight is 834 g/mol. The van der Waals surface area contributed by atoms with Crippen LogP contribution in [-0.4, -0.2) is 92.1 Å². The summed E-state index contributed by atoms with van der Waals surface area (Å²) < 4.78 is 21.5. The lowest BCUT2D eigenvalue weighted by Gasteiger charge is -2.32. The van der Waals surface area contributed by atoms with Gasteiger partial charge in [0.1, 0.15) is 17.6 Å². The van der Waals surface area contributed by atoms with Crippen molar-refractivity contribution in [2.45, 2.75) is 105 Å². The maximum absolute atomic E-state index is 13.6. The Bertz CT molecular complexity index is 1930. The van der Waals surface area contributed by atoms with Gasteiger partial charge in [0.25, 0.3) is 11.8 Å². The van der Waals surface area contributed by atoms with Gasteiger partial charge < -0.3 is 39.3 Å². The van der Waals surface area contributed by atoms with Crippen LogP contribution >= 0.6 is 0 Å². The van der Waals surface area contributed by atoms with Crippen LogP contribution in [-0.2, 0) is 33.4 Å². The second-order valence-electron chi connectivity index (χ2n) is 13.9. The Morgan fingerprint density at radius 3 is 2.33 bits per heavy atom. The summed E-state index contributed by atoms with van der Waals surface area (Å²) in [7, 11) is 1.14. The van der Waals surface area contributed by atoms with E-state index in [9.17, 15) is 33.6 Å². The number of unbranched alkanes of at least 4 members (excludes halogenated alkanes) is 3. The van der Waals surface area contributed by atoms with Gasteiger partial charge in [0.15, 0.2) is 5.76 Å². The molecule has 17 nitrogen and oxygen atoms in total. The Labute approximate surface area is 351 Å². The topological polar surface area (TPSA) is 222 Å². The summed E-state index contributed by atoms with van der Waals surface area (Å²) in [6.07, 6.45) is 6.09. The quantitative estimate of drug-likeness (QED) is 0.0271. The standard InChI is InChI=1S/C42H56BN5O12/c1-7-11-13-14-29(32(9-3)48(25-49)60-42(55)37-26(5)19-20-44-27(37)6)38(51)45-24-46-40(53)34-18-17-33(58-34)28-15-16-30(35(22-28)56-10-4)39(52)47-31(41(54)59-43)23-36(50)57-21-12-8-2/h15-20,22,25,29,31-32H,7-14,21,23-24,43H2,1-6H3,(H,45,51)(H,46,53)(H,47,52)/t29-,31+,32-/m1/s1. The molecule has 60 heavy (non-hydrogen) atoms. The first-order valence-corrected chi connectivity index (χ1v) is 20.2. The van der Waals surface area contributed by atoms with Crippen molar-refractivity contribution < 1.29 is 56.9 Å². The molecule has 3 atom stereocenters. The molecule has 0 aliphatic carbocycles. The Hall–Kier alpha value is -6.20. The maximum Gasteiger partial charge on any atom is 0.365 e. The average Bonchev–Trinajstić information content (AvgIpc) is 3.73. The van der Waals surface area contributed by atoms with Gasteiger partial charge >= 0.3 is 26.0 Å². The number of aryl methyl sites for hydroxylation is 2. The number of carbonyl (C=O) groups excluding carboxylic acids is 7. The number of esters is 1. The molecule has 3 aromatic rings. The molecule has 0 spiro atoms. The van der Waals surface area contributed by atoms with Gasteiger partial charge in [0.2, 0.25) is 12.3 Å². The monoisotopic (exact) mass is 833 g/mol. The first-order valence-electron chi connectivity index (χ1n) is 20.2. The van der Waals surface area contributed by atoms with Gasteiger partial charge in [0.05, 0.1) is 55.1 Å². The first-order chi connectivity index (χ1) is 28.8. The van der Waals surface area contributed by atoms with E-state index >= 15 is 0 Å². The van der Waals surface area contributed by atoms with E-state index in [0.717, 1.165) is 32.4 Å². The Kier molecular flexibility index (Phi) is 19.8. The fourth-order valence-electron chi connectivity index (χ4n) is 6.38. The van der Waals surface area contributed by atoms with Crippen molar-refractivity contribution in [1.82, 2.24) is 26.0 Å². The van der Waals surface area contributed by atoms with Crippen LogP contribution in [0.3, 0.4) is 0 Å². The molecule has 0 unspecified atom stereocenters. The van der Waals surface area contributed by atoms with Crippen molar-refractivity contribution in [1.29, 1.82) is 0 Å². The number of ether oxygens (including phenoxy) is 2. The Balaban J connectivity index is 1.70. The van der Waals surface area contributed by atoms with Crippen molar-refractivity contribution in [3.8, 4) is 17.1 Å². The van der Waals surface area contributed by atoms with Crippen LogP contribution in [0.4, 0.5) is 0 Å². The second kappa shape index (κ2) is 24.7. The van der Waals surface area contributed by atoms with E-state index in [4.69, 9.17) is 23.4 Å². The van der Waals surface area contributed by atoms with Crippen LogP contribution < -0.4 is 20.7 Å². The van der Waals surface area contributed by atoms with E-state index in [1.165, 1.54) is 18.2 Å². The van der Waals surface area contributed by atoms with E-state index in [1.54, 1.807) is 52.1 Å². The normalized spacial score (nSPS) is 12.2. The van der Waals surface area contributed by atoms with Gasteiger partial charge in [-0.2, -0.15) is 5.06 Å². The number of nitrogens with one attached hydrogen (secondary N) is 3. The molecule has 2 heterocycles. The van der Waals surface area contributed by atoms with E-state index in [0.29, 0.717) is 48.9 Å². The number of hydroxylamine groups is 2. The largest absolute Gasteiger partial charge is 0.542 e. The number of furan rings is 1. The number of hydrogen-bond acceptors (Lipinski definition) is 13. The van der Waals surface area contributed by atoms with E-state index in [-0.39, 0.29) is 48.3 Å². The molecule has 0 saturated carbocycles. The third-order valence-electron chi connectivity index (χ3n) is 9.58. The lowest BCUT2D eigenvalue weighted by atomic mass is 9.90. The molecule has 0 saturated heterocycles. The highest BCUT2D eigenvalue weighted by molar-refractivity contribution is 6.08. The highest BCUT2D eigenvalue weighted by atomic mass is 16.7. The number of pyridine rings is 1. The lowest BCUT2D eigenvalue weighted by molar-refractivity contribution is -0.171. The number of amides is 4. The van der Waals surface area contributed by atoms with Crippen LogP contribution in [0.2, 0.25) is 0 Å². The first kappa shape index (κ1) is 48.2. The molecular weight excluding hydrogens is 777 g/mol. The van der Waals surface area contributed by atoms with Crippen LogP contribution in [0.25, 0.3) is 11.3 Å². The predicted molar refractivity (Wildman–Crippen MR) is 221 cm³/mol. The summed E-state index contributed by atoms with van der Waals surface area (Å²) in [4.78, 5) is 99.9. The minimum Gasteiger partial charge on any atom is -0.542 e. The zero-order chi connectivity index (χ0) is 44.2. The minimum atomic E-state index is -1.30. The van der Waals surface area contributed by atoms with Crippen LogP contribution in [0.1, 0.15) is 122 Å². The molecule has 3 rings (SSSR count). The molecule has 0 radical (unpaired) electrons. The van der Waals surface area contributed by atoms with Crippen molar-refractivity contribution in [3.63, 3.8) is 0 Å². The van der Waals surface area contributed by atoms with E-state index in [2.05, 4.69) is 20.9 Å².